The molecule has 25 heavy (non-hydrogen) atoms. The second kappa shape index (κ2) is 6.93. The Morgan fingerprint density at radius 2 is 1.76 bits per heavy atom. The largest absolute Gasteiger partial charge is 0.347 e. The van der Waals surface area contributed by atoms with Crippen molar-refractivity contribution in [2.45, 2.75) is 33.2 Å². The highest BCUT2D eigenvalue weighted by atomic mass is 16.2. The number of nitrogens with zero attached hydrogens (tertiary/aromatic N) is 1. The number of amides is 1. The van der Waals surface area contributed by atoms with Gasteiger partial charge in [-0.15, -0.1) is 0 Å². The molecular formula is C21H22N2O2. The van der Waals surface area contributed by atoms with Gasteiger partial charge in [0.25, 0.3) is 5.91 Å². The van der Waals surface area contributed by atoms with Crippen LogP contribution in [-0.2, 0) is 6.54 Å². The van der Waals surface area contributed by atoms with Gasteiger partial charge in [0.2, 0.25) is 5.43 Å². The molecule has 4 nitrogen and oxygen atoms in total. The Morgan fingerprint density at radius 3 is 2.40 bits per heavy atom. The lowest BCUT2D eigenvalue weighted by atomic mass is 10.0. The van der Waals surface area contributed by atoms with E-state index in [1.807, 2.05) is 54.0 Å². The third kappa shape index (κ3) is 3.33. The molecule has 0 spiro atoms. The summed E-state index contributed by atoms with van der Waals surface area (Å²) in [6.07, 6.45) is 1.64. The van der Waals surface area contributed by atoms with Crippen molar-refractivity contribution in [3.63, 3.8) is 0 Å². The number of fused-ring (bicyclic) bond motifs is 1. The molecule has 0 unspecified atom stereocenters. The number of pyridine rings is 1. The number of aromatic nitrogens is 1. The van der Waals surface area contributed by atoms with Crippen LogP contribution in [0.5, 0.6) is 0 Å². The summed E-state index contributed by atoms with van der Waals surface area (Å²) in [6, 6.07) is 15.1. The number of anilines is 1. The predicted octanol–water partition coefficient (Wildman–Crippen LogP) is 4.40. The van der Waals surface area contributed by atoms with Crippen molar-refractivity contribution in [2.24, 2.45) is 0 Å². The van der Waals surface area contributed by atoms with Gasteiger partial charge in [-0.3, -0.25) is 9.59 Å². The number of rotatable bonds is 4. The van der Waals surface area contributed by atoms with E-state index in [4.69, 9.17) is 0 Å². The molecule has 2 aromatic carbocycles. The summed E-state index contributed by atoms with van der Waals surface area (Å²) in [5.41, 5.74) is 2.65. The quantitative estimate of drug-likeness (QED) is 0.769. The van der Waals surface area contributed by atoms with Crippen molar-refractivity contribution in [2.75, 3.05) is 5.32 Å². The van der Waals surface area contributed by atoms with Crippen LogP contribution in [0.25, 0.3) is 10.9 Å². The number of hydrogen-bond donors (Lipinski definition) is 1. The standard InChI is InChI=1S/C21H22N2O2/c1-4-23-13-18(20(24)17-7-5-6-8-19(17)23)21(25)22-16-11-9-15(10-12-16)14(2)3/h5-14H,4H2,1-3H3,(H,22,25). The maximum atomic E-state index is 12.7. The number of para-hydroxylation sites is 1. The molecule has 0 aliphatic heterocycles. The van der Waals surface area contributed by atoms with Crippen LogP contribution in [0.4, 0.5) is 5.69 Å². The van der Waals surface area contributed by atoms with E-state index >= 15 is 0 Å². The van der Waals surface area contributed by atoms with Crippen LogP contribution in [-0.4, -0.2) is 10.5 Å². The van der Waals surface area contributed by atoms with Gasteiger partial charge in [0.1, 0.15) is 5.56 Å². The lowest BCUT2D eigenvalue weighted by Gasteiger charge is -2.12. The molecule has 0 radical (unpaired) electrons. The minimum absolute atomic E-state index is 0.161. The van der Waals surface area contributed by atoms with Gasteiger partial charge in [-0.25, -0.2) is 0 Å². The Bertz CT molecular complexity index is 969. The van der Waals surface area contributed by atoms with Gasteiger partial charge in [0.05, 0.1) is 5.52 Å². The average Bonchev–Trinajstić information content (AvgIpc) is 2.62. The molecule has 3 rings (SSSR count). The summed E-state index contributed by atoms with van der Waals surface area (Å²) in [6.45, 7) is 6.92. The second-order valence-electron chi connectivity index (χ2n) is 6.41. The third-order valence-corrected chi connectivity index (χ3v) is 4.41. The average molecular weight is 334 g/mol. The summed E-state index contributed by atoms with van der Waals surface area (Å²) in [4.78, 5) is 25.3. The summed E-state index contributed by atoms with van der Waals surface area (Å²) in [7, 11) is 0. The fraction of sp³-hybridized carbons (Fsp3) is 0.238. The Balaban J connectivity index is 1.97. The lowest BCUT2D eigenvalue weighted by Crippen LogP contribution is -2.23. The number of carbonyl (C=O) groups excluding carboxylic acids is 1. The molecule has 3 aromatic rings. The summed E-state index contributed by atoms with van der Waals surface area (Å²) >= 11 is 0. The molecule has 4 heteroatoms. The van der Waals surface area contributed by atoms with Crippen LogP contribution >= 0.6 is 0 Å². The van der Waals surface area contributed by atoms with E-state index < -0.39 is 0 Å². The Hall–Kier alpha value is -2.88. The number of nitrogens with one attached hydrogen (secondary N) is 1. The molecule has 1 aromatic heterocycles. The maximum Gasteiger partial charge on any atom is 0.261 e. The van der Waals surface area contributed by atoms with E-state index in [0.717, 1.165) is 5.52 Å². The van der Waals surface area contributed by atoms with Crippen molar-refractivity contribution in [1.29, 1.82) is 0 Å². The van der Waals surface area contributed by atoms with E-state index in [1.165, 1.54) is 5.56 Å². The Labute approximate surface area is 147 Å². The molecule has 0 saturated carbocycles. The zero-order chi connectivity index (χ0) is 18.0. The number of carbonyl (C=O) groups is 1. The molecule has 128 valence electrons. The van der Waals surface area contributed by atoms with Gasteiger partial charge in [-0.05, 0) is 42.7 Å². The van der Waals surface area contributed by atoms with Crippen molar-refractivity contribution in [3.8, 4) is 0 Å². The summed E-state index contributed by atoms with van der Waals surface area (Å²) in [5, 5.41) is 3.39. The Kier molecular flexibility index (Phi) is 4.70. The topological polar surface area (TPSA) is 51.1 Å². The van der Waals surface area contributed by atoms with Crippen LogP contribution in [0, 0.1) is 0 Å². The smallest absolute Gasteiger partial charge is 0.261 e. The molecule has 0 aliphatic carbocycles. The monoisotopic (exact) mass is 334 g/mol. The van der Waals surface area contributed by atoms with Crippen molar-refractivity contribution >= 4 is 22.5 Å². The van der Waals surface area contributed by atoms with Crippen molar-refractivity contribution in [1.82, 2.24) is 4.57 Å². The second-order valence-corrected chi connectivity index (χ2v) is 6.41. The van der Waals surface area contributed by atoms with E-state index in [-0.39, 0.29) is 16.9 Å². The first-order chi connectivity index (χ1) is 12.0. The van der Waals surface area contributed by atoms with Crippen molar-refractivity contribution < 1.29 is 4.79 Å². The van der Waals surface area contributed by atoms with Crippen molar-refractivity contribution in [3.05, 3.63) is 76.1 Å². The minimum atomic E-state index is -0.379. The zero-order valence-corrected chi connectivity index (χ0v) is 14.7. The highest BCUT2D eigenvalue weighted by Gasteiger charge is 2.15. The van der Waals surface area contributed by atoms with Gasteiger partial charge in [0, 0.05) is 23.8 Å². The van der Waals surface area contributed by atoms with Gasteiger partial charge in [-0.2, -0.15) is 0 Å². The molecular weight excluding hydrogens is 312 g/mol. The minimum Gasteiger partial charge on any atom is -0.347 e. The molecule has 0 bridgehead atoms. The van der Waals surface area contributed by atoms with Crippen LogP contribution in [0.2, 0.25) is 0 Å². The SMILES string of the molecule is CCn1cc(C(=O)Nc2ccc(C(C)C)cc2)c(=O)c2ccccc21. The van der Waals surface area contributed by atoms with E-state index in [0.29, 0.717) is 23.5 Å². The normalized spacial score (nSPS) is 11.0. The first-order valence-electron chi connectivity index (χ1n) is 8.54. The zero-order valence-electron chi connectivity index (χ0n) is 14.7. The summed E-state index contributed by atoms with van der Waals surface area (Å²) in [5.74, 6) is 0.0530. The molecule has 0 atom stereocenters. The fourth-order valence-corrected chi connectivity index (χ4v) is 2.92. The summed E-state index contributed by atoms with van der Waals surface area (Å²) < 4.78 is 1.92. The lowest BCUT2D eigenvalue weighted by molar-refractivity contribution is 0.102. The van der Waals surface area contributed by atoms with Gasteiger partial charge in [0.15, 0.2) is 0 Å². The van der Waals surface area contributed by atoms with E-state index in [2.05, 4.69) is 19.2 Å². The fourth-order valence-electron chi connectivity index (χ4n) is 2.92. The molecule has 1 N–H and O–H groups in total. The third-order valence-electron chi connectivity index (χ3n) is 4.41. The van der Waals surface area contributed by atoms with Gasteiger partial charge in [-0.1, -0.05) is 38.1 Å². The number of benzene rings is 2. The number of hydrogen-bond acceptors (Lipinski definition) is 2. The molecule has 1 heterocycles. The molecule has 1 amide bonds. The maximum absolute atomic E-state index is 12.7. The van der Waals surface area contributed by atoms with Crippen LogP contribution in [0.3, 0.4) is 0 Å². The first kappa shape index (κ1) is 17.0. The highest BCUT2D eigenvalue weighted by molar-refractivity contribution is 6.05. The van der Waals surface area contributed by atoms with Crippen LogP contribution in [0.15, 0.2) is 59.5 Å². The molecule has 0 aliphatic rings. The van der Waals surface area contributed by atoms with Gasteiger partial charge < -0.3 is 9.88 Å². The van der Waals surface area contributed by atoms with Crippen LogP contribution in [0.1, 0.15) is 42.6 Å². The molecule has 0 fully saturated rings. The molecule has 0 saturated heterocycles. The van der Waals surface area contributed by atoms with Gasteiger partial charge >= 0.3 is 0 Å². The van der Waals surface area contributed by atoms with Crippen LogP contribution < -0.4 is 10.7 Å². The first-order valence-corrected chi connectivity index (χ1v) is 8.54. The highest BCUT2D eigenvalue weighted by Crippen LogP contribution is 2.18. The predicted molar refractivity (Wildman–Crippen MR) is 102 cm³/mol. The van der Waals surface area contributed by atoms with E-state index in [1.54, 1.807) is 12.3 Å². The number of aryl methyl sites for hydroxylation is 1. The van der Waals surface area contributed by atoms with E-state index in [9.17, 15) is 9.59 Å². The Morgan fingerprint density at radius 1 is 1.08 bits per heavy atom.